The van der Waals surface area contributed by atoms with Gasteiger partial charge >= 0.3 is 17.9 Å². The lowest BCUT2D eigenvalue weighted by molar-refractivity contribution is -0.166. The Balaban J connectivity index is 4.59. The van der Waals surface area contributed by atoms with Gasteiger partial charge < -0.3 is 14.2 Å². The van der Waals surface area contributed by atoms with Gasteiger partial charge in [0.15, 0.2) is 6.10 Å². The molecule has 0 rings (SSSR count). The molecular formula is C71H116O6. The highest BCUT2D eigenvalue weighted by molar-refractivity contribution is 5.71. The van der Waals surface area contributed by atoms with Crippen LogP contribution < -0.4 is 0 Å². The van der Waals surface area contributed by atoms with E-state index in [0.29, 0.717) is 19.3 Å². The van der Waals surface area contributed by atoms with E-state index < -0.39 is 6.10 Å². The Hall–Kier alpha value is -4.45. The molecule has 0 saturated heterocycles. The highest BCUT2D eigenvalue weighted by atomic mass is 16.6. The number of hydrogen-bond acceptors (Lipinski definition) is 6. The molecule has 0 aromatic rings. The molecule has 6 heteroatoms. The van der Waals surface area contributed by atoms with Crippen LogP contribution in [0.2, 0.25) is 0 Å². The summed E-state index contributed by atoms with van der Waals surface area (Å²) in [6, 6.07) is 0. The molecule has 0 amide bonds. The van der Waals surface area contributed by atoms with Crippen molar-refractivity contribution in [2.24, 2.45) is 0 Å². The molecule has 0 unspecified atom stereocenters. The third-order valence-corrected chi connectivity index (χ3v) is 13.1. The maximum atomic E-state index is 12.9. The summed E-state index contributed by atoms with van der Waals surface area (Å²) in [6.45, 7) is 6.46. The zero-order chi connectivity index (χ0) is 55.7. The predicted molar refractivity (Wildman–Crippen MR) is 334 cm³/mol. The maximum Gasteiger partial charge on any atom is 0.306 e. The fourth-order valence-electron chi connectivity index (χ4n) is 8.34. The SMILES string of the molecule is CCCCC/C=C\C/C=C\C/C=C\C/C=C\C/C=C\CCC(=O)OCC(COC(=O)CC/C=C\C/C=C\C/C=C\C/C=C\C/C=C\CCCCC)OC(=O)CCCCCCCCCCCCC/C=C\CCCCCCCC. The summed E-state index contributed by atoms with van der Waals surface area (Å²) < 4.78 is 16.8. The minimum absolute atomic E-state index is 0.144. The quantitative estimate of drug-likeness (QED) is 0.0261. The Morgan fingerprint density at radius 1 is 0.260 bits per heavy atom. The van der Waals surface area contributed by atoms with Crippen LogP contribution in [0.5, 0.6) is 0 Å². The normalized spacial score (nSPS) is 12.7. The molecule has 436 valence electrons. The van der Waals surface area contributed by atoms with Crippen molar-refractivity contribution < 1.29 is 28.6 Å². The van der Waals surface area contributed by atoms with Crippen LogP contribution in [0.15, 0.2) is 134 Å². The minimum Gasteiger partial charge on any atom is -0.462 e. The third-order valence-electron chi connectivity index (χ3n) is 13.1. The fourth-order valence-corrected chi connectivity index (χ4v) is 8.34. The van der Waals surface area contributed by atoms with Gasteiger partial charge in [0, 0.05) is 19.3 Å². The third kappa shape index (κ3) is 62.3. The Bertz CT molecular complexity index is 1560. The van der Waals surface area contributed by atoms with E-state index in [9.17, 15) is 14.4 Å². The molecule has 0 aromatic heterocycles. The topological polar surface area (TPSA) is 78.9 Å². The van der Waals surface area contributed by atoms with E-state index in [1.54, 1.807) is 0 Å². The van der Waals surface area contributed by atoms with Gasteiger partial charge in [0.1, 0.15) is 13.2 Å². The summed E-state index contributed by atoms with van der Waals surface area (Å²) in [5.41, 5.74) is 0. The molecule has 0 aliphatic carbocycles. The van der Waals surface area contributed by atoms with Gasteiger partial charge in [-0.3, -0.25) is 14.4 Å². The molecule has 77 heavy (non-hydrogen) atoms. The van der Waals surface area contributed by atoms with Crippen molar-refractivity contribution in [2.45, 2.75) is 284 Å². The van der Waals surface area contributed by atoms with Gasteiger partial charge in [-0.2, -0.15) is 0 Å². The summed E-state index contributed by atoms with van der Waals surface area (Å²) in [4.78, 5) is 38.2. The van der Waals surface area contributed by atoms with Crippen molar-refractivity contribution in [1.82, 2.24) is 0 Å². The van der Waals surface area contributed by atoms with Crippen molar-refractivity contribution in [2.75, 3.05) is 13.2 Å². The monoisotopic (exact) mass is 1060 g/mol. The Kier molecular flexibility index (Phi) is 60.4. The summed E-state index contributed by atoms with van der Waals surface area (Å²) in [7, 11) is 0. The number of esters is 3. The lowest BCUT2D eigenvalue weighted by atomic mass is 10.0. The van der Waals surface area contributed by atoms with Crippen LogP contribution in [0.3, 0.4) is 0 Å². The highest BCUT2D eigenvalue weighted by Crippen LogP contribution is 2.15. The van der Waals surface area contributed by atoms with E-state index in [-0.39, 0.29) is 44.0 Å². The molecule has 0 bridgehead atoms. The summed E-state index contributed by atoms with van der Waals surface area (Å²) in [5, 5.41) is 0. The zero-order valence-electron chi connectivity index (χ0n) is 49.9. The van der Waals surface area contributed by atoms with E-state index in [4.69, 9.17) is 14.2 Å². The lowest BCUT2D eigenvalue weighted by Crippen LogP contribution is -2.30. The van der Waals surface area contributed by atoms with Gasteiger partial charge in [0.05, 0.1) is 0 Å². The van der Waals surface area contributed by atoms with Gasteiger partial charge in [0.25, 0.3) is 0 Å². The highest BCUT2D eigenvalue weighted by Gasteiger charge is 2.19. The van der Waals surface area contributed by atoms with E-state index in [0.717, 1.165) is 70.6 Å². The Labute approximate surface area is 475 Å². The first-order chi connectivity index (χ1) is 38.0. The van der Waals surface area contributed by atoms with E-state index in [1.165, 1.54) is 154 Å². The number of ether oxygens (including phenoxy) is 3. The van der Waals surface area contributed by atoms with Gasteiger partial charge in [-0.15, -0.1) is 0 Å². The summed E-state index contributed by atoms with van der Waals surface area (Å²) >= 11 is 0. The number of unbranched alkanes of at least 4 members (excludes halogenated alkanes) is 23. The molecule has 0 atom stereocenters. The predicted octanol–water partition coefficient (Wildman–Crippen LogP) is 21.8. The van der Waals surface area contributed by atoms with Gasteiger partial charge in [-0.25, -0.2) is 0 Å². The van der Waals surface area contributed by atoms with Crippen molar-refractivity contribution in [3.05, 3.63) is 134 Å². The van der Waals surface area contributed by atoms with Crippen LogP contribution in [0.4, 0.5) is 0 Å². The van der Waals surface area contributed by atoms with Crippen LogP contribution in [-0.4, -0.2) is 37.2 Å². The van der Waals surface area contributed by atoms with Crippen LogP contribution in [-0.2, 0) is 28.6 Å². The fraction of sp³-hybridized carbons (Fsp3) is 0.648. The molecule has 0 fully saturated rings. The Morgan fingerprint density at radius 2 is 0.494 bits per heavy atom. The number of rotatable bonds is 56. The first kappa shape index (κ1) is 72.5. The average Bonchev–Trinajstić information content (AvgIpc) is 3.43. The molecule has 0 N–H and O–H groups in total. The molecule has 0 aliphatic rings. The van der Waals surface area contributed by atoms with Crippen molar-refractivity contribution >= 4 is 17.9 Å². The van der Waals surface area contributed by atoms with Gasteiger partial charge in [-0.05, 0) is 122 Å². The second-order valence-corrected chi connectivity index (χ2v) is 20.6. The van der Waals surface area contributed by atoms with Crippen molar-refractivity contribution in [3.63, 3.8) is 0 Å². The lowest BCUT2D eigenvalue weighted by Gasteiger charge is -2.18. The van der Waals surface area contributed by atoms with Crippen LogP contribution in [0.1, 0.15) is 278 Å². The zero-order valence-corrected chi connectivity index (χ0v) is 49.9. The van der Waals surface area contributed by atoms with Crippen molar-refractivity contribution in [1.29, 1.82) is 0 Å². The van der Waals surface area contributed by atoms with Gasteiger partial charge in [0.2, 0.25) is 0 Å². The molecular weight excluding hydrogens is 949 g/mol. The Morgan fingerprint density at radius 3 is 0.818 bits per heavy atom. The number of carbonyl (C=O) groups excluding carboxylic acids is 3. The molecule has 0 saturated carbocycles. The second kappa shape index (κ2) is 64.1. The standard InChI is InChI=1S/C71H116O6/c1-4-7-10-13-16-19-22-25-28-31-34-35-38-41-44-47-50-53-56-59-62-65-71(74)77-68(66-75-69(72)63-60-57-54-51-48-45-42-39-36-32-29-26-23-20-17-14-11-8-5-2)67-76-70(73)64-61-58-55-52-49-46-43-40-37-33-30-27-24-21-18-15-12-9-6-3/h17-18,20-21,25-30,36-37,39-40,45-46,48-49,54-55,57-58,68H,4-16,19,22-24,31-35,38,41-44,47,50-53,56,59-67H2,1-3H3/b20-17-,21-18-,28-25-,29-26-,30-27-,39-36-,40-37-,48-45-,49-46-,57-54-,58-55-. The maximum absolute atomic E-state index is 12.9. The smallest absolute Gasteiger partial charge is 0.306 e. The second-order valence-electron chi connectivity index (χ2n) is 20.6. The largest absolute Gasteiger partial charge is 0.462 e. The van der Waals surface area contributed by atoms with Crippen molar-refractivity contribution in [3.8, 4) is 0 Å². The molecule has 0 aliphatic heterocycles. The number of hydrogen-bond donors (Lipinski definition) is 0. The summed E-state index contributed by atoms with van der Waals surface area (Å²) in [5.74, 6) is -1.10. The number of allylic oxidation sites excluding steroid dienone is 22. The molecule has 6 nitrogen and oxygen atoms in total. The summed E-state index contributed by atoms with van der Waals surface area (Å²) in [6.07, 6.45) is 90.4. The molecule has 0 aromatic carbocycles. The minimum atomic E-state index is -0.845. The molecule has 0 heterocycles. The van der Waals surface area contributed by atoms with Gasteiger partial charge in [-0.1, -0.05) is 270 Å². The van der Waals surface area contributed by atoms with Crippen LogP contribution in [0.25, 0.3) is 0 Å². The van der Waals surface area contributed by atoms with Crippen LogP contribution in [0, 0.1) is 0 Å². The van der Waals surface area contributed by atoms with E-state index >= 15 is 0 Å². The first-order valence-corrected chi connectivity index (χ1v) is 31.7. The average molecular weight is 1070 g/mol. The number of carbonyl (C=O) groups is 3. The molecule has 0 radical (unpaired) electrons. The van der Waals surface area contributed by atoms with E-state index in [2.05, 4.69) is 142 Å². The van der Waals surface area contributed by atoms with Crippen LogP contribution >= 0.6 is 0 Å². The first-order valence-electron chi connectivity index (χ1n) is 31.7. The molecule has 0 spiro atoms. The van der Waals surface area contributed by atoms with E-state index in [1.807, 2.05) is 12.2 Å².